The van der Waals surface area contributed by atoms with Crippen molar-refractivity contribution in [2.24, 2.45) is 5.73 Å². The largest absolute Gasteiger partial charge is 0.333 e. The highest BCUT2D eigenvalue weighted by Gasteiger charge is 1.96. The highest BCUT2D eigenvalue weighted by atomic mass is 19.1. The summed E-state index contributed by atoms with van der Waals surface area (Å²) in [5.41, 5.74) is 5.63. The molecule has 1 rings (SSSR count). The Kier molecular flexibility index (Phi) is 5.47. The number of nitrogens with one attached hydrogen (secondary N) is 1. The molecule has 0 fully saturated rings. The Morgan fingerprint density at radius 3 is 2.54 bits per heavy atom. The van der Waals surface area contributed by atoms with Gasteiger partial charge in [-0.05, 0) is 37.7 Å². The average Bonchev–Trinajstić information content (AvgIpc) is 2.15. The third kappa shape index (κ3) is 3.66. The second-order valence-electron chi connectivity index (χ2n) is 2.23. The van der Waals surface area contributed by atoms with E-state index in [4.69, 9.17) is 0 Å². The zero-order chi connectivity index (χ0) is 10.3. The second-order valence-corrected chi connectivity index (χ2v) is 2.23. The van der Waals surface area contributed by atoms with Crippen molar-refractivity contribution in [2.75, 3.05) is 12.4 Å². The number of anilines is 1. The molecule has 0 aliphatic rings. The van der Waals surface area contributed by atoms with Crippen LogP contribution in [0.2, 0.25) is 0 Å². The smallest absolute Gasteiger partial charge is 0.211 e. The number of aryl methyl sites for hydroxylation is 1. The summed E-state index contributed by atoms with van der Waals surface area (Å²) >= 11 is 0. The van der Waals surface area contributed by atoms with Crippen molar-refractivity contribution in [3.05, 3.63) is 29.6 Å². The van der Waals surface area contributed by atoms with E-state index in [1.54, 1.807) is 13.0 Å². The maximum Gasteiger partial charge on any atom is 0.211 e. The molecule has 0 atom stereocenters. The van der Waals surface area contributed by atoms with Gasteiger partial charge in [0.1, 0.15) is 5.82 Å². The van der Waals surface area contributed by atoms with Gasteiger partial charge in [-0.3, -0.25) is 4.79 Å². The van der Waals surface area contributed by atoms with Gasteiger partial charge >= 0.3 is 0 Å². The van der Waals surface area contributed by atoms with Crippen LogP contribution < -0.4 is 11.1 Å². The van der Waals surface area contributed by atoms with Crippen LogP contribution in [0.15, 0.2) is 18.2 Å². The van der Waals surface area contributed by atoms with Gasteiger partial charge in [-0.1, -0.05) is 0 Å². The van der Waals surface area contributed by atoms with Gasteiger partial charge in [-0.15, -0.1) is 0 Å². The maximum absolute atomic E-state index is 12.6. The van der Waals surface area contributed by atoms with Gasteiger partial charge in [0.15, 0.2) is 0 Å². The number of carbonyl (C=O) groups excluding carboxylic acids is 1. The summed E-state index contributed by atoms with van der Waals surface area (Å²) in [4.78, 5) is 9.97. The Balaban J connectivity index is 0.000000671. The topological polar surface area (TPSA) is 55.1 Å². The molecule has 0 spiro atoms. The molecule has 3 nitrogen and oxygen atoms in total. The molecule has 0 aliphatic carbocycles. The number of carbonyl (C=O) groups is 1. The van der Waals surface area contributed by atoms with E-state index in [-0.39, 0.29) is 5.82 Å². The summed E-state index contributed by atoms with van der Waals surface area (Å²) in [6, 6.07) is 4.40. The highest BCUT2D eigenvalue weighted by molar-refractivity contribution is 5.71. The SMILES string of the molecule is CN.Cc1cc(NC=O)ccc1F. The third-order valence-electron chi connectivity index (χ3n) is 1.38. The van der Waals surface area contributed by atoms with Gasteiger partial charge in [0.05, 0.1) is 0 Å². The summed E-state index contributed by atoms with van der Waals surface area (Å²) in [6.07, 6.45) is 0.562. The van der Waals surface area contributed by atoms with Gasteiger partial charge in [-0.25, -0.2) is 4.39 Å². The van der Waals surface area contributed by atoms with Crippen LogP contribution in [0.5, 0.6) is 0 Å². The van der Waals surface area contributed by atoms with E-state index >= 15 is 0 Å². The lowest BCUT2D eigenvalue weighted by atomic mass is 10.2. The fourth-order valence-corrected chi connectivity index (χ4v) is 0.803. The van der Waals surface area contributed by atoms with E-state index < -0.39 is 0 Å². The normalized spacial score (nSPS) is 8.31. The Bertz CT molecular complexity index is 276. The predicted molar refractivity (Wildman–Crippen MR) is 50.9 cm³/mol. The van der Waals surface area contributed by atoms with E-state index in [9.17, 15) is 9.18 Å². The van der Waals surface area contributed by atoms with E-state index in [1.807, 2.05) is 0 Å². The Morgan fingerprint density at radius 2 is 2.08 bits per heavy atom. The van der Waals surface area contributed by atoms with Gasteiger partial charge in [0.25, 0.3) is 0 Å². The summed E-state index contributed by atoms with van der Waals surface area (Å²) in [5, 5.41) is 2.43. The molecule has 0 radical (unpaired) electrons. The first kappa shape index (κ1) is 11.6. The van der Waals surface area contributed by atoms with Gasteiger partial charge in [-0.2, -0.15) is 0 Å². The van der Waals surface area contributed by atoms with Crippen LogP contribution in [-0.2, 0) is 4.79 Å². The molecule has 0 heterocycles. The first-order chi connectivity index (χ1) is 6.24. The quantitative estimate of drug-likeness (QED) is 0.680. The number of hydrogen-bond acceptors (Lipinski definition) is 2. The fraction of sp³-hybridized carbons (Fsp3) is 0.222. The van der Waals surface area contributed by atoms with Crippen LogP contribution in [0.1, 0.15) is 5.56 Å². The van der Waals surface area contributed by atoms with Gasteiger partial charge < -0.3 is 11.1 Å². The number of benzene rings is 1. The molecule has 72 valence electrons. The van der Waals surface area contributed by atoms with Crippen molar-refractivity contribution >= 4 is 12.1 Å². The van der Waals surface area contributed by atoms with Crippen LogP contribution in [-0.4, -0.2) is 13.5 Å². The molecular formula is C9H13FN2O. The van der Waals surface area contributed by atoms with Crippen LogP contribution in [0.3, 0.4) is 0 Å². The standard InChI is InChI=1S/C8H8FNO.CH5N/c1-6-4-7(10-5-11)2-3-8(6)9;1-2/h2-5H,1H3,(H,10,11);2H2,1H3. The van der Waals surface area contributed by atoms with Crippen LogP contribution in [0.25, 0.3) is 0 Å². The Labute approximate surface area is 76.7 Å². The molecule has 0 unspecified atom stereocenters. The second kappa shape index (κ2) is 6.14. The highest BCUT2D eigenvalue weighted by Crippen LogP contribution is 2.12. The van der Waals surface area contributed by atoms with E-state index in [0.717, 1.165) is 0 Å². The molecule has 0 aromatic heterocycles. The van der Waals surface area contributed by atoms with Gasteiger partial charge in [0, 0.05) is 5.69 Å². The fourth-order valence-electron chi connectivity index (χ4n) is 0.803. The van der Waals surface area contributed by atoms with E-state index in [1.165, 1.54) is 19.2 Å². The lowest BCUT2D eigenvalue weighted by Gasteiger charge is -1.99. The lowest BCUT2D eigenvalue weighted by molar-refractivity contribution is -0.105. The molecule has 1 aromatic rings. The van der Waals surface area contributed by atoms with Crippen molar-refractivity contribution in [3.63, 3.8) is 0 Å². The molecule has 0 aliphatic heterocycles. The monoisotopic (exact) mass is 184 g/mol. The summed E-state index contributed by atoms with van der Waals surface area (Å²) < 4.78 is 12.6. The number of amides is 1. The number of rotatable bonds is 2. The third-order valence-corrected chi connectivity index (χ3v) is 1.38. The molecule has 0 saturated carbocycles. The summed E-state index contributed by atoms with van der Waals surface area (Å²) in [6.45, 7) is 1.64. The predicted octanol–water partition coefficient (Wildman–Crippen LogP) is 1.28. The van der Waals surface area contributed by atoms with Crippen molar-refractivity contribution in [1.82, 2.24) is 0 Å². The summed E-state index contributed by atoms with van der Waals surface area (Å²) in [5.74, 6) is -0.263. The lowest BCUT2D eigenvalue weighted by Crippen LogP contribution is -1.94. The number of nitrogens with two attached hydrogens (primary N) is 1. The molecule has 1 aromatic carbocycles. The molecule has 13 heavy (non-hydrogen) atoms. The molecule has 4 heteroatoms. The molecular weight excluding hydrogens is 171 g/mol. The molecule has 3 N–H and O–H groups in total. The van der Waals surface area contributed by atoms with Crippen LogP contribution in [0.4, 0.5) is 10.1 Å². The number of hydrogen-bond donors (Lipinski definition) is 2. The Hall–Kier alpha value is -1.42. The molecule has 0 saturated heterocycles. The zero-order valence-electron chi connectivity index (χ0n) is 7.67. The van der Waals surface area contributed by atoms with Crippen molar-refractivity contribution in [1.29, 1.82) is 0 Å². The first-order valence-electron chi connectivity index (χ1n) is 3.78. The van der Waals surface area contributed by atoms with Crippen LogP contribution >= 0.6 is 0 Å². The van der Waals surface area contributed by atoms with E-state index in [2.05, 4.69) is 11.1 Å². The maximum atomic E-state index is 12.6. The average molecular weight is 184 g/mol. The summed E-state index contributed by atoms with van der Waals surface area (Å²) in [7, 11) is 1.50. The first-order valence-corrected chi connectivity index (χ1v) is 3.78. The minimum atomic E-state index is -0.263. The molecule has 0 bridgehead atoms. The van der Waals surface area contributed by atoms with Crippen molar-refractivity contribution in [3.8, 4) is 0 Å². The zero-order valence-corrected chi connectivity index (χ0v) is 7.67. The van der Waals surface area contributed by atoms with Gasteiger partial charge in [0.2, 0.25) is 6.41 Å². The minimum Gasteiger partial charge on any atom is -0.333 e. The van der Waals surface area contributed by atoms with Crippen molar-refractivity contribution < 1.29 is 9.18 Å². The Morgan fingerprint density at radius 1 is 1.46 bits per heavy atom. The minimum absolute atomic E-state index is 0.263. The number of halogens is 1. The van der Waals surface area contributed by atoms with E-state index in [0.29, 0.717) is 17.7 Å². The molecule has 1 amide bonds. The van der Waals surface area contributed by atoms with Crippen molar-refractivity contribution in [2.45, 2.75) is 6.92 Å². The van der Waals surface area contributed by atoms with Crippen LogP contribution in [0, 0.1) is 12.7 Å².